The van der Waals surface area contributed by atoms with Crippen LogP contribution in [0.2, 0.25) is 0 Å². The van der Waals surface area contributed by atoms with Gasteiger partial charge < -0.3 is 9.84 Å². The van der Waals surface area contributed by atoms with E-state index < -0.39 is 0 Å². The zero-order valence-electron chi connectivity index (χ0n) is 13.4. The molecule has 1 N–H and O–H groups in total. The molecule has 0 saturated heterocycles. The second kappa shape index (κ2) is 6.22. The number of aryl methyl sites for hydroxylation is 2. The van der Waals surface area contributed by atoms with E-state index in [0.29, 0.717) is 5.69 Å². The summed E-state index contributed by atoms with van der Waals surface area (Å²) in [4.78, 5) is 0. The monoisotopic (exact) mass is 309 g/mol. The summed E-state index contributed by atoms with van der Waals surface area (Å²) in [7, 11) is 1.63. The third-order valence-electron chi connectivity index (χ3n) is 3.70. The summed E-state index contributed by atoms with van der Waals surface area (Å²) in [6, 6.07) is 13.9. The summed E-state index contributed by atoms with van der Waals surface area (Å²) in [5, 5.41) is 18.0. The van der Waals surface area contributed by atoms with Crippen molar-refractivity contribution in [3.63, 3.8) is 0 Å². The molecule has 0 fully saturated rings. The quantitative estimate of drug-likeness (QED) is 0.804. The summed E-state index contributed by atoms with van der Waals surface area (Å²) < 4.78 is 6.97. The van der Waals surface area contributed by atoms with E-state index in [4.69, 9.17) is 4.74 Å². The maximum absolute atomic E-state index is 9.61. The average molecular weight is 309 g/mol. The predicted octanol–water partition coefficient (Wildman–Crippen LogP) is 3.05. The molecule has 1 aromatic heterocycles. The summed E-state index contributed by atoms with van der Waals surface area (Å²) in [6.07, 6.45) is 0. The van der Waals surface area contributed by atoms with E-state index in [1.165, 1.54) is 0 Å². The van der Waals surface area contributed by atoms with Crippen LogP contribution in [0.3, 0.4) is 0 Å². The highest BCUT2D eigenvalue weighted by Gasteiger charge is 2.16. The van der Waals surface area contributed by atoms with E-state index in [0.717, 1.165) is 33.8 Å². The Labute approximate surface area is 135 Å². The van der Waals surface area contributed by atoms with Gasteiger partial charge in [-0.25, -0.2) is 4.68 Å². The molecular formula is C18H19N3O2. The average Bonchev–Trinajstić information content (AvgIpc) is 2.98. The van der Waals surface area contributed by atoms with Crippen molar-refractivity contribution in [2.75, 3.05) is 7.11 Å². The van der Waals surface area contributed by atoms with Crippen molar-refractivity contribution in [2.24, 2.45) is 0 Å². The molecule has 0 radical (unpaired) electrons. The molecule has 3 aromatic rings. The van der Waals surface area contributed by atoms with Crippen LogP contribution in [0.5, 0.6) is 5.75 Å². The minimum Gasteiger partial charge on any atom is -0.497 e. The lowest BCUT2D eigenvalue weighted by Crippen LogP contribution is -2.01. The Kier molecular flexibility index (Phi) is 4.12. The third kappa shape index (κ3) is 2.96. The molecule has 0 unspecified atom stereocenters. The summed E-state index contributed by atoms with van der Waals surface area (Å²) in [5.41, 5.74) is 5.51. The van der Waals surface area contributed by atoms with Gasteiger partial charge in [0.1, 0.15) is 17.1 Å². The van der Waals surface area contributed by atoms with Crippen molar-refractivity contribution in [1.82, 2.24) is 15.0 Å². The van der Waals surface area contributed by atoms with Gasteiger partial charge in [0, 0.05) is 5.56 Å². The Balaban J connectivity index is 2.16. The van der Waals surface area contributed by atoms with Crippen molar-refractivity contribution < 1.29 is 9.84 Å². The Bertz CT molecular complexity index is 803. The van der Waals surface area contributed by atoms with E-state index in [1.54, 1.807) is 11.8 Å². The number of aliphatic hydroxyl groups excluding tert-OH is 1. The lowest BCUT2D eigenvalue weighted by molar-refractivity contribution is 0.277. The first-order valence-corrected chi connectivity index (χ1v) is 7.41. The van der Waals surface area contributed by atoms with Gasteiger partial charge in [0.05, 0.1) is 19.4 Å². The number of hydrogen-bond acceptors (Lipinski definition) is 4. The topological polar surface area (TPSA) is 60.2 Å². The number of rotatable bonds is 4. The van der Waals surface area contributed by atoms with Gasteiger partial charge >= 0.3 is 0 Å². The molecule has 118 valence electrons. The number of benzene rings is 2. The van der Waals surface area contributed by atoms with Crippen molar-refractivity contribution in [3.8, 4) is 22.7 Å². The molecule has 23 heavy (non-hydrogen) atoms. The molecule has 3 rings (SSSR count). The van der Waals surface area contributed by atoms with Crippen LogP contribution in [-0.2, 0) is 6.61 Å². The van der Waals surface area contributed by atoms with Crippen molar-refractivity contribution >= 4 is 0 Å². The fraction of sp³-hybridized carbons (Fsp3) is 0.222. The Morgan fingerprint density at radius 3 is 2.26 bits per heavy atom. The molecule has 5 heteroatoms. The smallest absolute Gasteiger partial charge is 0.118 e. The molecule has 0 amide bonds. The van der Waals surface area contributed by atoms with Crippen LogP contribution in [0.25, 0.3) is 16.9 Å². The fourth-order valence-electron chi connectivity index (χ4n) is 2.71. The fourth-order valence-corrected chi connectivity index (χ4v) is 2.71. The first kappa shape index (κ1) is 15.2. The molecule has 0 saturated carbocycles. The number of ether oxygens (including phenoxy) is 1. The first-order valence-electron chi connectivity index (χ1n) is 7.41. The highest BCUT2D eigenvalue weighted by atomic mass is 16.5. The van der Waals surface area contributed by atoms with Gasteiger partial charge in [-0.05, 0) is 61.4 Å². The van der Waals surface area contributed by atoms with E-state index in [1.807, 2.05) is 38.1 Å². The van der Waals surface area contributed by atoms with Crippen LogP contribution in [0, 0.1) is 13.8 Å². The van der Waals surface area contributed by atoms with Crippen LogP contribution in [0.1, 0.15) is 16.8 Å². The lowest BCUT2D eigenvalue weighted by Gasteiger charge is -2.10. The Morgan fingerprint density at radius 1 is 1.04 bits per heavy atom. The van der Waals surface area contributed by atoms with Gasteiger partial charge in [-0.3, -0.25) is 0 Å². The molecule has 1 heterocycles. The molecular weight excluding hydrogens is 290 g/mol. The van der Waals surface area contributed by atoms with Crippen LogP contribution in [0.4, 0.5) is 0 Å². The highest BCUT2D eigenvalue weighted by Crippen LogP contribution is 2.27. The zero-order valence-corrected chi connectivity index (χ0v) is 13.4. The lowest BCUT2D eigenvalue weighted by atomic mass is 10.1. The van der Waals surface area contributed by atoms with Gasteiger partial charge in [-0.1, -0.05) is 11.3 Å². The van der Waals surface area contributed by atoms with Crippen molar-refractivity contribution in [3.05, 3.63) is 59.3 Å². The first-order chi connectivity index (χ1) is 11.1. The van der Waals surface area contributed by atoms with Gasteiger partial charge in [-0.2, -0.15) is 0 Å². The minimum atomic E-state index is -0.161. The molecule has 0 bridgehead atoms. The van der Waals surface area contributed by atoms with Crippen LogP contribution >= 0.6 is 0 Å². The maximum Gasteiger partial charge on any atom is 0.118 e. The number of nitrogens with zero attached hydrogens (tertiary/aromatic N) is 3. The van der Waals surface area contributed by atoms with Gasteiger partial charge in [0.25, 0.3) is 0 Å². The second-order valence-corrected chi connectivity index (χ2v) is 5.53. The van der Waals surface area contributed by atoms with Gasteiger partial charge in [0.15, 0.2) is 0 Å². The third-order valence-corrected chi connectivity index (χ3v) is 3.70. The molecule has 0 aliphatic rings. The zero-order chi connectivity index (χ0) is 16.4. The normalized spacial score (nSPS) is 10.8. The summed E-state index contributed by atoms with van der Waals surface area (Å²) in [6.45, 7) is 3.94. The minimum absolute atomic E-state index is 0.161. The van der Waals surface area contributed by atoms with Crippen LogP contribution in [0.15, 0.2) is 42.5 Å². The molecule has 0 aliphatic heterocycles. The number of aliphatic hydroxyl groups is 1. The largest absolute Gasteiger partial charge is 0.497 e. The second-order valence-electron chi connectivity index (χ2n) is 5.53. The van der Waals surface area contributed by atoms with E-state index in [9.17, 15) is 5.11 Å². The SMILES string of the molecule is COc1ccc(-c2c(CO)nnn2-c2cc(C)cc(C)c2)cc1. The van der Waals surface area contributed by atoms with E-state index in [-0.39, 0.29) is 6.61 Å². The number of aromatic nitrogens is 3. The predicted molar refractivity (Wildman–Crippen MR) is 88.7 cm³/mol. The highest BCUT2D eigenvalue weighted by molar-refractivity contribution is 5.65. The Hall–Kier alpha value is -2.66. The number of hydrogen-bond donors (Lipinski definition) is 1. The van der Waals surface area contributed by atoms with Crippen molar-refractivity contribution in [2.45, 2.75) is 20.5 Å². The molecule has 0 aliphatic carbocycles. The van der Waals surface area contributed by atoms with Gasteiger partial charge in [-0.15, -0.1) is 5.10 Å². The summed E-state index contributed by atoms with van der Waals surface area (Å²) >= 11 is 0. The Morgan fingerprint density at radius 2 is 1.70 bits per heavy atom. The molecule has 5 nitrogen and oxygen atoms in total. The standard InChI is InChI=1S/C18H19N3O2/c1-12-8-13(2)10-15(9-12)21-18(17(11-22)19-20-21)14-4-6-16(23-3)7-5-14/h4-10,22H,11H2,1-3H3. The van der Waals surface area contributed by atoms with Gasteiger partial charge in [0.2, 0.25) is 0 Å². The maximum atomic E-state index is 9.61. The van der Waals surface area contributed by atoms with Crippen LogP contribution < -0.4 is 4.74 Å². The van der Waals surface area contributed by atoms with Crippen LogP contribution in [-0.4, -0.2) is 27.2 Å². The summed E-state index contributed by atoms with van der Waals surface area (Å²) in [5.74, 6) is 0.782. The van der Waals surface area contributed by atoms with Crippen molar-refractivity contribution in [1.29, 1.82) is 0 Å². The number of methoxy groups -OCH3 is 1. The molecule has 2 aromatic carbocycles. The molecule has 0 atom stereocenters. The molecule has 0 spiro atoms. The van der Waals surface area contributed by atoms with E-state index in [2.05, 4.69) is 28.5 Å². The van der Waals surface area contributed by atoms with E-state index >= 15 is 0 Å².